The Morgan fingerprint density at radius 3 is 2.47 bits per heavy atom. The van der Waals surface area contributed by atoms with Crippen molar-refractivity contribution in [3.63, 3.8) is 0 Å². The summed E-state index contributed by atoms with van der Waals surface area (Å²) in [6, 6.07) is 3.22. The Labute approximate surface area is 87.0 Å². The molecule has 0 atom stereocenters. The lowest BCUT2D eigenvalue weighted by molar-refractivity contribution is 0.0982. The zero-order valence-electron chi connectivity index (χ0n) is 8.50. The molecule has 0 amide bonds. The van der Waals surface area contributed by atoms with Crippen molar-refractivity contribution in [1.29, 1.82) is 0 Å². The molecule has 0 heterocycles. The van der Waals surface area contributed by atoms with Gasteiger partial charge in [0.1, 0.15) is 5.75 Å². The first-order chi connectivity index (χ1) is 7.02. The van der Waals surface area contributed by atoms with Gasteiger partial charge in [0.2, 0.25) is 0 Å². The van der Waals surface area contributed by atoms with E-state index in [-0.39, 0.29) is 22.9 Å². The molecule has 0 aliphatic heterocycles. The molecule has 0 bridgehead atoms. The van der Waals surface area contributed by atoms with Crippen molar-refractivity contribution in [3.8, 4) is 5.75 Å². The minimum absolute atomic E-state index is 0.0883. The number of phenols is 1. The Morgan fingerprint density at radius 2 is 1.80 bits per heavy atom. The summed E-state index contributed by atoms with van der Waals surface area (Å²) in [6.45, 7) is 3.29. The second kappa shape index (κ2) is 3.05. The molecular weight excluding hydrogens is 192 g/mol. The third-order valence-corrected chi connectivity index (χ3v) is 2.58. The maximum Gasteiger partial charge on any atom is 0.190 e. The molecule has 0 saturated carbocycles. The standard InChI is InChI=1S/C12H10O3/c1-6-3-4-8-10(12(6)15)9(13)5-7(2)11(8)14/h3-5,15H,1-2H3. The number of benzene rings is 1. The highest BCUT2D eigenvalue weighted by Gasteiger charge is 2.26. The molecule has 76 valence electrons. The normalized spacial score (nSPS) is 14.9. The van der Waals surface area contributed by atoms with Crippen LogP contribution in [0.25, 0.3) is 0 Å². The third kappa shape index (κ3) is 1.28. The van der Waals surface area contributed by atoms with Crippen molar-refractivity contribution in [2.45, 2.75) is 13.8 Å². The molecule has 15 heavy (non-hydrogen) atoms. The van der Waals surface area contributed by atoms with Gasteiger partial charge in [-0.15, -0.1) is 0 Å². The summed E-state index contributed by atoms with van der Waals surface area (Å²) in [6.07, 6.45) is 1.27. The topological polar surface area (TPSA) is 54.4 Å². The van der Waals surface area contributed by atoms with Crippen molar-refractivity contribution in [2.75, 3.05) is 0 Å². The number of aryl methyl sites for hydroxylation is 1. The quantitative estimate of drug-likeness (QED) is 0.700. The van der Waals surface area contributed by atoms with Gasteiger partial charge in [0.05, 0.1) is 5.56 Å². The monoisotopic (exact) mass is 202 g/mol. The van der Waals surface area contributed by atoms with Gasteiger partial charge >= 0.3 is 0 Å². The van der Waals surface area contributed by atoms with Crippen LogP contribution in [0.5, 0.6) is 5.75 Å². The Hall–Kier alpha value is -1.90. The van der Waals surface area contributed by atoms with Crippen LogP contribution in [0, 0.1) is 6.92 Å². The number of ketones is 2. The molecule has 0 spiro atoms. The van der Waals surface area contributed by atoms with E-state index in [0.717, 1.165) is 0 Å². The average Bonchev–Trinajstić information content (AvgIpc) is 2.18. The van der Waals surface area contributed by atoms with Crippen molar-refractivity contribution in [2.24, 2.45) is 0 Å². The smallest absolute Gasteiger partial charge is 0.190 e. The lowest BCUT2D eigenvalue weighted by atomic mass is 9.88. The molecule has 3 nitrogen and oxygen atoms in total. The average molecular weight is 202 g/mol. The number of carbonyl (C=O) groups is 2. The van der Waals surface area contributed by atoms with Crippen LogP contribution in [0.4, 0.5) is 0 Å². The third-order valence-electron chi connectivity index (χ3n) is 2.58. The van der Waals surface area contributed by atoms with E-state index in [9.17, 15) is 14.7 Å². The lowest BCUT2D eigenvalue weighted by Crippen LogP contribution is -2.15. The van der Waals surface area contributed by atoms with E-state index in [4.69, 9.17) is 0 Å². The number of carbonyl (C=O) groups excluding carboxylic acids is 2. The van der Waals surface area contributed by atoms with Crippen LogP contribution in [0.2, 0.25) is 0 Å². The predicted molar refractivity (Wildman–Crippen MR) is 55.3 cm³/mol. The van der Waals surface area contributed by atoms with Gasteiger partial charge in [-0.05, 0) is 31.6 Å². The van der Waals surface area contributed by atoms with E-state index in [2.05, 4.69) is 0 Å². The SMILES string of the molecule is CC1=CC(=O)c2c(ccc(C)c2O)C1=O. The van der Waals surface area contributed by atoms with Gasteiger partial charge in [0.25, 0.3) is 0 Å². The van der Waals surface area contributed by atoms with Crippen LogP contribution in [-0.2, 0) is 0 Å². The van der Waals surface area contributed by atoms with Gasteiger partial charge in [-0.1, -0.05) is 6.07 Å². The Balaban J connectivity index is 2.78. The summed E-state index contributed by atoms with van der Waals surface area (Å²) in [4.78, 5) is 23.3. The molecule has 3 heteroatoms. The summed E-state index contributed by atoms with van der Waals surface area (Å²) < 4.78 is 0. The summed E-state index contributed by atoms with van der Waals surface area (Å²) in [5, 5.41) is 9.72. The highest BCUT2D eigenvalue weighted by Crippen LogP contribution is 2.30. The van der Waals surface area contributed by atoms with Gasteiger partial charge in [-0.25, -0.2) is 0 Å². The summed E-state index contributed by atoms with van der Waals surface area (Å²) in [5.74, 6) is -0.585. The molecule has 1 aromatic carbocycles. The molecule has 1 aromatic rings. The Morgan fingerprint density at radius 1 is 1.13 bits per heavy atom. The van der Waals surface area contributed by atoms with Gasteiger partial charge in [-0.2, -0.15) is 0 Å². The number of hydrogen-bond acceptors (Lipinski definition) is 3. The molecule has 0 aromatic heterocycles. The number of allylic oxidation sites excluding steroid dienone is 2. The number of fused-ring (bicyclic) bond motifs is 1. The zero-order chi connectivity index (χ0) is 11.2. The van der Waals surface area contributed by atoms with Crippen molar-refractivity contribution in [3.05, 3.63) is 40.5 Å². The molecule has 1 N–H and O–H groups in total. The van der Waals surface area contributed by atoms with E-state index >= 15 is 0 Å². The van der Waals surface area contributed by atoms with Crippen LogP contribution >= 0.6 is 0 Å². The molecule has 1 aliphatic carbocycles. The minimum atomic E-state index is -0.302. The highest BCUT2D eigenvalue weighted by molar-refractivity contribution is 6.25. The maximum atomic E-state index is 11.7. The number of hydrogen-bond donors (Lipinski definition) is 1. The first kappa shape index (κ1) is 9.65. The van der Waals surface area contributed by atoms with Crippen molar-refractivity contribution >= 4 is 11.6 Å². The van der Waals surface area contributed by atoms with E-state index < -0.39 is 0 Å². The maximum absolute atomic E-state index is 11.7. The van der Waals surface area contributed by atoms with Crippen LogP contribution < -0.4 is 0 Å². The van der Waals surface area contributed by atoms with Gasteiger partial charge in [0, 0.05) is 11.1 Å². The number of phenolic OH excluding ortho intramolecular Hbond substituents is 1. The van der Waals surface area contributed by atoms with Crippen molar-refractivity contribution in [1.82, 2.24) is 0 Å². The van der Waals surface area contributed by atoms with Crippen LogP contribution in [0.3, 0.4) is 0 Å². The Kier molecular flexibility index (Phi) is 1.96. The fourth-order valence-corrected chi connectivity index (χ4v) is 1.68. The summed E-state index contributed by atoms with van der Waals surface area (Å²) in [7, 11) is 0. The summed E-state index contributed by atoms with van der Waals surface area (Å²) >= 11 is 0. The first-order valence-electron chi connectivity index (χ1n) is 4.62. The molecule has 0 unspecified atom stereocenters. The van der Waals surface area contributed by atoms with E-state index in [0.29, 0.717) is 16.7 Å². The predicted octanol–water partition coefficient (Wildman–Crippen LogP) is 2.03. The first-order valence-corrected chi connectivity index (χ1v) is 4.62. The van der Waals surface area contributed by atoms with Gasteiger partial charge in [0.15, 0.2) is 11.6 Å². The van der Waals surface area contributed by atoms with Crippen LogP contribution in [0.15, 0.2) is 23.8 Å². The van der Waals surface area contributed by atoms with Gasteiger partial charge in [-0.3, -0.25) is 9.59 Å². The number of Topliss-reactive ketones (excluding diaryl/α,β-unsaturated/α-hetero) is 1. The second-order valence-corrected chi connectivity index (χ2v) is 3.67. The number of rotatable bonds is 0. The molecular formula is C12H10O3. The van der Waals surface area contributed by atoms with E-state index in [1.54, 1.807) is 26.0 Å². The zero-order valence-corrected chi connectivity index (χ0v) is 8.50. The largest absolute Gasteiger partial charge is 0.507 e. The molecule has 0 radical (unpaired) electrons. The summed E-state index contributed by atoms with van der Waals surface area (Å²) in [5.41, 5.74) is 1.44. The minimum Gasteiger partial charge on any atom is -0.507 e. The molecule has 0 fully saturated rings. The van der Waals surface area contributed by atoms with Crippen molar-refractivity contribution < 1.29 is 14.7 Å². The second-order valence-electron chi connectivity index (χ2n) is 3.67. The number of aromatic hydroxyl groups is 1. The molecule has 0 saturated heterocycles. The van der Waals surface area contributed by atoms with E-state index in [1.807, 2.05) is 0 Å². The van der Waals surface area contributed by atoms with Crippen LogP contribution in [0.1, 0.15) is 33.2 Å². The van der Waals surface area contributed by atoms with Gasteiger partial charge < -0.3 is 5.11 Å². The fraction of sp³-hybridized carbons (Fsp3) is 0.167. The lowest BCUT2D eigenvalue weighted by Gasteiger charge is -2.14. The fourth-order valence-electron chi connectivity index (χ4n) is 1.68. The molecule has 2 rings (SSSR count). The molecule has 1 aliphatic rings. The highest BCUT2D eigenvalue weighted by atomic mass is 16.3. The van der Waals surface area contributed by atoms with Crippen LogP contribution in [-0.4, -0.2) is 16.7 Å². The van der Waals surface area contributed by atoms with E-state index in [1.165, 1.54) is 6.08 Å². The Bertz CT molecular complexity index is 510.